The molecule has 10 nitrogen and oxygen atoms in total. The molecule has 3 amide bonds. The molecule has 3 N–H and O–H groups in total. The van der Waals surface area contributed by atoms with E-state index in [1.54, 1.807) is 0 Å². The summed E-state index contributed by atoms with van der Waals surface area (Å²) < 4.78 is 25.6. The Labute approximate surface area is 142 Å². The van der Waals surface area contributed by atoms with Gasteiger partial charge in [0.05, 0.1) is 24.4 Å². The third kappa shape index (κ3) is 4.84. The van der Waals surface area contributed by atoms with E-state index in [1.807, 2.05) is 5.32 Å². The first-order valence-corrected chi connectivity index (χ1v) is 8.57. The number of imide groups is 1. The molecule has 1 aromatic carbocycles. The fourth-order valence-corrected chi connectivity index (χ4v) is 3.44. The second-order valence-corrected chi connectivity index (χ2v) is 7.15. The number of carboxylic acid groups (broad SMARTS) is 1. The van der Waals surface area contributed by atoms with Gasteiger partial charge in [0, 0.05) is 12.1 Å². The number of benzene rings is 1. The van der Waals surface area contributed by atoms with E-state index in [9.17, 15) is 27.6 Å². The maximum absolute atomic E-state index is 12.4. The minimum Gasteiger partial charge on any atom is -0.481 e. The van der Waals surface area contributed by atoms with E-state index in [-0.39, 0.29) is 17.7 Å². The van der Waals surface area contributed by atoms with Crippen molar-refractivity contribution in [3.8, 4) is 0 Å². The molecule has 0 bridgehead atoms. The largest absolute Gasteiger partial charge is 0.481 e. The van der Waals surface area contributed by atoms with E-state index in [2.05, 4.69) is 5.32 Å². The van der Waals surface area contributed by atoms with Gasteiger partial charge >= 0.3 is 5.97 Å². The molecule has 0 aromatic heterocycles. The predicted molar refractivity (Wildman–Crippen MR) is 83.9 cm³/mol. The van der Waals surface area contributed by atoms with E-state index < -0.39 is 46.8 Å². The van der Waals surface area contributed by atoms with Crippen molar-refractivity contribution in [3.63, 3.8) is 0 Å². The Morgan fingerprint density at radius 2 is 1.64 bits per heavy atom. The highest BCUT2D eigenvalue weighted by Crippen LogP contribution is 2.19. The molecule has 1 aliphatic heterocycles. The highest BCUT2D eigenvalue weighted by Gasteiger charge is 2.32. The monoisotopic (exact) mass is 369 g/mol. The summed E-state index contributed by atoms with van der Waals surface area (Å²) in [6.45, 7) is -0.913. The molecule has 0 unspecified atom stereocenters. The molecule has 0 spiro atoms. The Bertz CT molecular complexity index is 801. The molecule has 1 fully saturated rings. The number of rotatable bonds is 6. The van der Waals surface area contributed by atoms with E-state index in [0.29, 0.717) is 5.69 Å². The van der Waals surface area contributed by atoms with Crippen molar-refractivity contribution in [1.82, 2.24) is 9.62 Å². The van der Waals surface area contributed by atoms with Gasteiger partial charge in [-0.15, -0.1) is 0 Å². The van der Waals surface area contributed by atoms with Crippen molar-refractivity contribution in [3.05, 3.63) is 24.3 Å². The molecule has 11 heteroatoms. The minimum atomic E-state index is -4.03. The van der Waals surface area contributed by atoms with Crippen molar-refractivity contribution in [2.75, 3.05) is 18.4 Å². The summed E-state index contributed by atoms with van der Waals surface area (Å²) in [6.07, 6.45) is -0.524. The highest BCUT2D eigenvalue weighted by molar-refractivity contribution is 7.89. The lowest BCUT2D eigenvalue weighted by atomic mass is 10.2. The zero-order chi connectivity index (χ0) is 18.6. The van der Waals surface area contributed by atoms with Crippen molar-refractivity contribution >= 4 is 39.4 Å². The molecule has 1 aromatic rings. The highest BCUT2D eigenvalue weighted by atomic mass is 32.2. The standard InChI is InChI=1S/C14H15N3O7S/c18-11(5-6-14(21)22)15-9-1-3-10(4-2-9)25(23,24)17-7-12(19)16-13(20)8-17/h1-4H,5-8H2,(H,15,18)(H,21,22)(H,16,19,20). The van der Waals surface area contributed by atoms with Crippen LogP contribution in [0.4, 0.5) is 5.69 Å². The number of carbonyl (C=O) groups is 4. The molecule has 2 rings (SSSR count). The third-order valence-corrected chi connectivity index (χ3v) is 5.07. The number of nitrogens with zero attached hydrogens (tertiary/aromatic N) is 1. The van der Waals surface area contributed by atoms with Crippen LogP contribution in [0.15, 0.2) is 29.2 Å². The van der Waals surface area contributed by atoms with Crippen LogP contribution < -0.4 is 10.6 Å². The van der Waals surface area contributed by atoms with Gasteiger partial charge in [-0.25, -0.2) is 8.42 Å². The van der Waals surface area contributed by atoms with Crippen LogP contribution in [0.2, 0.25) is 0 Å². The molecule has 0 aliphatic carbocycles. The number of anilines is 1. The van der Waals surface area contributed by atoms with Gasteiger partial charge in [-0.3, -0.25) is 24.5 Å². The van der Waals surface area contributed by atoms with Gasteiger partial charge in [0.1, 0.15) is 0 Å². The van der Waals surface area contributed by atoms with Gasteiger partial charge < -0.3 is 10.4 Å². The molecule has 1 aliphatic rings. The number of carboxylic acids is 1. The molecule has 0 radical (unpaired) electrons. The molecular weight excluding hydrogens is 354 g/mol. The van der Waals surface area contributed by atoms with Gasteiger partial charge in [-0.05, 0) is 24.3 Å². The van der Waals surface area contributed by atoms with E-state index in [0.717, 1.165) is 4.31 Å². The van der Waals surface area contributed by atoms with Crippen LogP contribution in [0.3, 0.4) is 0 Å². The smallest absolute Gasteiger partial charge is 0.303 e. The number of hydrogen-bond donors (Lipinski definition) is 3. The predicted octanol–water partition coefficient (Wildman–Crippen LogP) is -0.863. The van der Waals surface area contributed by atoms with Crippen LogP contribution in [0.5, 0.6) is 0 Å². The summed E-state index contributed by atoms with van der Waals surface area (Å²) in [7, 11) is -4.03. The van der Waals surface area contributed by atoms with E-state index in [1.165, 1.54) is 24.3 Å². The summed E-state index contributed by atoms with van der Waals surface area (Å²) in [5.74, 6) is -3.03. The molecule has 1 saturated heterocycles. The number of aliphatic carboxylic acids is 1. The normalized spacial score (nSPS) is 15.5. The lowest BCUT2D eigenvalue weighted by Gasteiger charge is -2.24. The Morgan fingerprint density at radius 1 is 1.08 bits per heavy atom. The number of carbonyl (C=O) groups excluding carboxylic acids is 3. The Morgan fingerprint density at radius 3 is 2.16 bits per heavy atom. The number of amides is 3. The second kappa shape index (κ2) is 7.40. The Kier molecular flexibility index (Phi) is 5.49. The Balaban J connectivity index is 2.08. The first-order valence-electron chi connectivity index (χ1n) is 7.13. The first-order chi connectivity index (χ1) is 11.7. The average molecular weight is 369 g/mol. The van der Waals surface area contributed by atoms with Crippen molar-refractivity contribution in [2.24, 2.45) is 0 Å². The van der Waals surface area contributed by atoms with Gasteiger partial charge in [0.2, 0.25) is 27.7 Å². The zero-order valence-electron chi connectivity index (χ0n) is 12.9. The molecule has 1 heterocycles. The van der Waals surface area contributed by atoms with Gasteiger partial charge in [-0.2, -0.15) is 4.31 Å². The lowest BCUT2D eigenvalue weighted by Crippen LogP contribution is -2.53. The summed E-state index contributed by atoms with van der Waals surface area (Å²) in [4.78, 5) is 44.4. The molecular formula is C14H15N3O7S. The summed E-state index contributed by atoms with van der Waals surface area (Å²) in [6, 6.07) is 5.10. The van der Waals surface area contributed by atoms with Gasteiger partial charge in [-0.1, -0.05) is 0 Å². The SMILES string of the molecule is O=C(O)CCC(=O)Nc1ccc(S(=O)(=O)N2CC(=O)NC(=O)C2)cc1. The maximum Gasteiger partial charge on any atom is 0.303 e. The fraction of sp³-hybridized carbons (Fsp3) is 0.286. The topological polar surface area (TPSA) is 150 Å². The lowest BCUT2D eigenvalue weighted by molar-refractivity contribution is -0.138. The van der Waals surface area contributed by atoms with Crippen LogP contribution in [0.1, 0.15) is 12.8 Å². The van der Waals surface area contributed by atoms with Crippen LogP contribution in [0.25, 0.3) is 0 Å². The third-order valence-electron chi connectivity index (χ3n) is 3.26. The van der Waals surface area contributed by atoms with Gasteiger partial charge in [0.25, 0.3) is 0 Å². The number of sulfonamides is 1. The number of nitrogens with one attached hydrogen (secondary N) is 2. The fourth-order valence-electron chi connectivity index (χ4n) is 2.08. The van der Waals surface area contributed by atoms with Crippen molar-refractivity contribution in [2.45, 2.75) is 17.7 Å². The van der Waals surface area contributed by atoms with Crippen molar-refractivity contribution < 1.29 is 32.7 Å². The quantitative estimate of drug-likeness (QED) is 0.552. The second-order valence-electron chi connectivity index (χ2n) is 5.21. The summed E-state index contributed by atoms with van der Waals surface area (Å²) in [5, 5.41) is 13.0. The number of piperazine rings is 1. The Hall–Kier alpha value is -2.79. The molecule has 134 valence electrons. The van der Waals surface area contributed by atoms with Gasteiger partial charge in [0.15, 0.2) is 0 Å². The maximum atomic E-state index is 12.4. The average Bonchev–Trinajstić information content (AvgIpc) is 2.52. The first kappa shape index (κ1) is 18.5. The van der Waals surface area contributed by atoms with Crippen LogP contribution in [0, 0.1) is 0 Å². The molecule has 25 heavy (non-hydrogen) atoms. The summed E-state index contributed by atoms with van der Waals surface area (Å²) in [5.41, 5.74) is 0.293. The molecule has 0 atom stereocenters. The minimum absolute atomic E-state index is 0.140. The van der Waals surface area contributed by atoms with E-state index in [4.69, 9.17) is 5.11 Å². The van der Waals surface area contributed by atoms with E-state index >= 15 is 0 Å². The zero-order valence-corrected chi connectivity index (χ0v) is 13.7. The van der Waals surface area contributed by atoms with Crippen molar-refractivity contribution in [1.29, 1.82) is 0 Å². The summed E-state index contributed by atoms with van der Waals surface area (Å²) >= 11 is 0. The van der Waals surface area contributed by atoms with Crippen LogP contribution in [-0.2, 0) is 29.2 Å². The van der Waals surface area contributed by atoms with Crippen LogP contribution >= 0.6 is 0 Å². The van der Waals surface area contributed by atoms with Crippen LogP contribution in [-0.4, -0.2) is 54.6 Å². The number of hydrogen-bond acceptors (Lipinski definition) is 6. The molecule has 0 saturated carbocycles.